The minimum Gasteiger partial charge on any atom is -0.480 e. The maximum Gasteiger partial charge on any atom is 0.410 e. The molecular formula is C77H104Cl3N5O32. The molecule has 3 N–H and O–H groups in total. The fraction of sp³-hybridized carbons (Fsp3) is 0.455. The predicted molar refractivity (Wildman–Crippen MR) is 418 cm³/mol. The number of nitrogens with zero attached hydrogens (tertiary/aromatic N) is 5. The van der Waals surface area contributed by atoms with Gasteiger partial charge in [-0.1, -0.05) is 128 Å². The Morgan fingerprint density at radius 2 is 0.581 bits per heavy atom. The number of carboxylic acid groups (broad SMARTS) is 3. The lowest BCUT2D eigenvalue weighted by Gasteiger charge is -2.24. The molecule has 117 heavy (non-hydrogen) atoms. The van der Waals surface area contributed by atoms with Crippen LogP contribution in [0, 0.1) is 0 Å². The molecule has 0 bridgehead atoms. The van der Waals surface area contributed by atoms with E-state index in [2.05, 4.69) is 23.7 Å². The number of hydrogen-bond acceptors (Lipinski definition) is 29. The molecule has 4 aromatic carbocycles. The summed E-state index contributed by atoms with van der Waals surface area (Å²) in [5.74, 6) is -10.3. The number of carbonyl (C=O) groups is 18. The summed E-state index contributed by atoms with van der Waals surface area (Å²) < 4.78 is 52.1. The molecule has 0 aliphatic carbocycles. The molecule has 4 aromatic rings. The van der Waals surface area contributed by atoms with Crippen molar-refractivity contribution >= 4 is 142 Å². The van der Waals surface area contributed by atoms with Crippen LogP contribution in [0.1, 0.15) is 104 Å². The zero-order valence-electron chi connectivity index (χ0n) is 67.8. The number of alkyl halides is 2. The van der Waals surface area contributed by atoms with Crippen molar-refractivity contribution in [3.05, 3.63) is 144 Å². The van der Waals surface area contributed by atoms with Crippen molar-refractivity contribution in [2.75, 3.05) is 113 Å². The quantitative estimate of drug-likeness (QED) is 0.0191. The molecule has 0 spiro atoms. The minimum absolute atomic E-state index is 0.0849. The van der Waals surface area contributed by atoms with E-state index in [9.17, 15) is 86.3 Å². The smallest absolute Gasteiger partial charge is 0.410 e. The molecule has 0 saturated carbocycles. The molecule has 0 radical (unpaired) electrons. The lowest BCUT2D eigenvalue weighted by Crippen LogP contribution is -2.37. The molecule has 0 atom stereocenters. The van der Waals surface area contributed by atoms with Crippen LogP contribution in [0.25, 0.3) is 0 Å². The third-order valence-corrected chi connectivity index (χ3v) is 12.8. The molecule has 0 saturated heterocycles. The van der Waals surface area contributed by atoms with E-state index in [4.69, 9.17) is 78.5 Å². The van der Waals surface area contributed by atoms with E-state index in [-0.39, 0.29) is 69.6 Å². The second-order valence-corrected chi connectivity index (χ2v) is 26.2. The Kier molecular flexibility index (Phi) is 62.1. The van der Waals surface area contributed by atoms with Gasteiger partial charge < -0.3 is 91.9 Å². The Morgan fingerprint density at radius 3 is 0.829 bits per heavy atom. The molecule has 0 aromatic heterocycles. The highest BCUT2D eigenvalue weighted by Crippen LogP contribution is 2.12. The van der Waals surface area contributed by atoms with E-state index in [1.165, 1.54) is 45.0 Å². The minimum atomic E-state index is -1.17. The van der Waals surface area contributed by atoms with Crippen molar-refractivity contribution in [3.63, 3.8) is 0 Å². The summed E-state index contributed by atoms with van der Waals surface area (Å²) in [5, 5.41) is 24.2. The van der Waals surface area contributed by atoms with Crippen molar-refractivity contribution in [2.45, 2.75) is 120 Å². The predicted octanol–water partition coefficient (Wildman–Crippen LogP) is 7.05. The fourth-order valence-corrected chi connectivity index (χ4v) is 6.80. The normalized spacial score (nSPS) is 9.76. The SMILES string of the molecule is CC(=O)OCC(=O)O.CC(=O)OCC(=O)OCC(=O)N(C)CC(=O)O.CC(=O)OCC(=O)OCC(=O)N(C)CC(=O)OCc1ccccc1.CCCC(=O)OCc1ccccc1.CN(CC(=O)O)C(=O)OC(C)(C)C.CN(CC(=O)OCc1ccccc1)C(=O)CCl.CN(CC(=O)OCc1ccccc1)C(=O)OC(C)(C)C.O=C(Cl)CCl. The number of aliphatic carboxylic acids is 3. The number of rotatable bonds is 32. The van der Waals surface area contributed by atoms with Crippen LogP contribution in [-0.2, 0) is 155 Å². The highest BCUT2D eigenvalue weighted by atomic mass is 35.5. The number of halogens is 3. The molecule has 0 unspecified atom stereocenters. The first kappa shape index (κ1) is 111. The zero-order chi connectivity index (χ0) is 90.2. The second-order valence-electron chi connectivity index (χ2n) is 25.2. The first-order chi connectivity index (χ1) is 54.6. The number of carbonyl (C=O) groups excluding carboxylic acids is 15. The molecule has 5 amide bonds. The van der Waals surface area contributed by atoms with Crippen LogP contribution in [-0.4, -0.2) is 271 Å². The van der Waals surface area contributed by atoms with Gasteiger partial charge in [-0.3, -0.25) is 62.3 Å². The van der Waals surface area contributed by atoms with Crippen molar-refractivity contribution in [1.29, 1.82) is 0 Å². The van der Waals surface area contributed by atoms with Gasteiger partial charge in [0.05, 0.1) is 5.88 Å². The van der Waals surface area contributed by atoms with E-state index in [0.717, 1.165) is 64.1 Å². The Morgan fingerprint density at radius 1 is 0.325 bits per heavy atom. The van der Waals surface area contributed by atoms with Crippen LogP contribution in [0.4, 0.5) is 9.59 Å². The molecule has 0 fully saturated rings. The van der Waals surface area contributed by atoms with Crippen LogP contribution in [0.5, 0.6) is 0 Å². The standard InChI is InChI=1S/C16H19NO7.C15H21NO4.C12H14ClNO3.C11H14O2.C9H13NO7.C8H15NO4.C4H6O4.C2H2Cl2O/c1-12(18)22-11-16(21)24-10-14(19)17(2)8-15(20)23-9-13-6-4-3-5-7-13;1-15(2,3)20-14(18)16(4)10-13(17)19-11-12-8-6-5-7-9-12;1-14(11(15)7-13)8-12(16)17-9-10-5-3-2-4-6-10;1-2-6-11(12)13-9-10-7-4-3-5-8-10;1-6(11)16-5-9(15)17-4-7(12)10(2)3-8(13)14;1-8(2,3)13-7(12)9(4)5-6(10)11;1-3(5)8-2-4(6)7;3-1-2(4)5/h3-7H,8-11H2,1-2H3;5-9H,10-11H2,1-4H3;2-6H,7-9H2,1H3;3-5,7-8H,2,6,9H2,1H3;3-5H2,1-2H3,(H,13,14);5H2,1-4H3,(H,10,11);2H2,1H3,(H,6,7);1H2. The number of carboxylic acids is 3. The first-order valence-electron chi connectivity index (χ1n) is 34.6. The lowest BCUT2D eigenvalue weighted by molar-refractivity contribution is -0.161. The molecule has 0 aliphatic heterocycles. The van der Waals surface area contributed by atoms with Crippen molar-refractivity contribution in [2.24, 2.45) is 0 Å². The molecule has 650 valence electrons. The van der Waals surface area contributed by atoms with E-state index in [0.29, 0.717) is 13.0 Å². The van der Waals surface area contributed by atoms with E-state index in [1.54, 1.807) is 41.5 Å². The van der Waals surface area contributed by atoms with Crippen molar-refractivity contribution < 1.29 is 154 Å². The third-order valence-electron chi connectivity index (χ3n) is 12.1. The van der Waals surface area contributed by atoms with Crippen molar-refractivity contribution in [3.8, 4) is 0 Å². The van der Waals surface area contributed by atoms with Gasteiger partial charge >= 0.3 is 83.8 Å². The molecular weight excluding hydrogens is 1610 g/mol. The Bertz CT molecular complexity index is 3700. The van der Waals surface area contributed by atoms with Gasteiger partial charge in [0.1, 0.15) is 76.2 Å². The molecule has 4 rings (SSSR count). The van der Waals surface area contributed by atoms with Crippen LogP contribution < -0.4 is 0 Å². The van der Waals surface area contributed by atoms with Gasteiger partial charge in [0.25, 0.3) is 11.8 Å². The van der Waals surface area contributed by atoms with E-state index in [1.807, 2.05) is 128 Å². The topological polar surface area (TPSA) is 486 Å². The number of benzene rings is 4. The van der Waals surface area contributed by atoms with Crippen molar-refractivity contribution in [1.82, 2.24) is 24.5 Å². The zero-order valence-corrected chi connectivity index (χ0v) is 70.1. The molecule has 40 heteroatoms. The van der Waals surface area contributed by atoms with Gasteiger partial charge in [0, 0.05) is 62.4 Å². The van der Waals surface area contributed by atoms with Gasteiger partial charge in [-0.05, 0) is 81.8 Å². The van der Waals surface area contributed by atoms with Gasteiger partial charge in [0.2, 0.25) is 11.1 Å². The van der Waals surface area contributed by atoms with Crippen LogP contribution in [0.15, 0.2) is 121 Å². The average molecular weight is 1720 g/mol. The van der Waals surface area contributed by atoms with E-state index < -0.39 is 146 Å². The monoisotopic (exact) mass is 1720 g/mol. The largest absolute Gasteiger partial charge is 0.480 e. The van der Waals surface area contributed by atoms with Gasteiger partial charge in [-0.2, -0.15) is 0 Å². The summed E-state index contributed by atoms with van der Waals surface area (Å²) in [5.41, 5.74) is 2.50. The number of likely N-dealkylation sites (N-methyl/N-ethyl adjacent to an activating group) is 5. The van der Waals surface area contributed by atoms with Gasteiger partial charge in [-0.25, -0.2) is 24.0 Å². The summed E-state index contributed by atoms with van der Waals surface area (Å²) >= 11 is 14.9. The Balaban J connectivity index is -0.000000641. The summed E-state index contributed by atoms with van der Waals surface area (Å²) in [6.45, 7) is 12.6. The average Bonchev–Trinajstić information content (AvgIpc) is 1.04. The summed E-state index contributed by atoms with van der Waals surface area (Å²) in [6.07, 6.45) is 0.171. The summed E-state index contributed by atoms with van der Waals surface area (Å²) in [4.78, 5) is 200. The maximum absolute atomic E-state index is 11.7. The number of hydrogen-bond donors (Lipinski definition) is 3. The first-order valence-corrected chi connectivity index (χ1v) is 36.1. The van der Waals surface area contributed by atoms with Crippen LogP contribution in [0.2, 0.25) is 0 Å². The number of amides is 5. The van der Waals surface area contributed by atoms with Crippen LogP contribution >= 0.6 is 34.8 Å². The van der Waals surface area contributed by atoms with Gasteiger partial charge in [-0.15, -0.1) is 23.2 Å². The molecule has 37 nitrogen and oxygen atoms in total. The Hall–Kier alpha value is -12.0. The summed E-state index contributed by atoms with van der Waals surface area (Å²) in [6, 6.07) is 37.5. The van der Waals surface area contributed by atoms with Crippen LogP contribution in [0.3, 0.4) is 0 Å². The van der Waals surface area contributed by atoms with E-state index >= 15 is 0 Å². The lowest BCUT2D eigenvalue weighted by atomic mass is 10.2. The number of esters is 9. The summed E-state index contributed by atoms with van der Waals surface area (Å²) in [7, 11) is 7.02. The number of ether oxygens (including phenoxy) is 11. The Labute approximate surface area is 692 Å². The van der Waals surface area contributed by atoms with Gasteiger partial charge in [0.15, 0.2) is 33.0 Å². The highest BCUT2D eigenvalue weighted by molar-refractivity contribution is 6.67. The molecule has 0 heterocycles. The maximum atomic E-state index is 11.7. The second kappa shape index (κ2) is 65.3. The highest BCUT2D eigenvalue weighted by Gasteiger charge is 2.24. The fourth-order valence-electron chi connectivity index (χ4n) is 6.60. The third kappa shape index (κ3) is 72.7. The molecule has 0 aliphatic rings.